The number of aliphatic hydroxyl groups is 1. The first kappa shape index (κ1) is 17.1. The Bertz CT molecular complexity index is 511. The highest BCUT2D eigenvalue weighted by Crippen LogP contribution is 2.12. The monoisotopic (exact) mass is 324 g/mol. The quantitative estimate of drug-likeness (QED) is 0.819. The zero-order chi connectivity index (χ0) is 15.9. The molecule has 1 aromatic rings. The number of carbonyl (C=O) groups excluding carboxylic acids is 1. The fourth-order valence-electron chi connectivity index (χ4n) is 2.66. The standard InChI is InChI=1S/C16H24N2O3S/c1-22(21)15-5-3-13(4-6-15)16(20)17-14-7-10-18(11-8-14)9-2-12-19/h3-6,14,19H,2,7-12H2,1H3,(H,17,20). The largest absolute Gasteiger partial charge is 0.396 e. The van der Waals surface area contributed by atoms with E-state index in [2.05, 4.69) is 10.2 Å². The van der Waals surface area contributed by atoms with Gasteiger partial charge in [-0.25, -0.2) is 0 Å². The SMILES string of the molecule is CS(=O)c1ccc(C(=O)NC2CCN(CCCO)CC2)cc1. The van der Waals surface area contributed by atoms with Gasteiger partial charge in [0.15, 0.2) is 0 Å². The van der Waals surface area contributed by atoms with E-state index in [0.717, 1.165) is 43.8 Å². The Labute approximate surface area is 134 Å². The maximum atomic E-state index is 12.2. The van der Waals surface area contributed by atoms with Gasteiger partial charge in [0.25, 0.3) is 5.91 Å². The maximum Gasteiger partial charge on any atom is 0.251 e. The molecule has 1 aromatic carbocycles. The summed E-state index contributed by atoms with van der Waals surface area (Å²) >= 11 is 0. The zero-order valence-electron chi connectivity index (χ0n) is 13.0. The average molecular weight is 324 g/mol. The lowest BCUT2D eigenvalue weighted by Crippen LogP contribution is -2.44. The van der Waals surface area contributed by atoms with Gasteiger partial charge >= 0.3 is 0 Å². The van der Waals surface area contributed by atoms with Crippen LogP contribution in [0.25, 0.3) is 0 Å². The highest BCUT2D eigenvalue weighted by Gasteiger charge is 2.20. The van der Waals surface area contributed by atoms with E-state index in [1.54, 1.807) is 30.5 Å². The Morgan fingerprint density at radius 1 is 1.32 bits per heavy atom. The van der Waals surface area contributed by atoms with Crippen molar-refractivity contribution in [3.63, 3.8) is 0 Å². The lowest BCUT2D eigenvalue weighted by molar-refractivity contribution is 0.0909. The van der Waals surface area contributed by atoms with Crippen molar-refractivity contribution in [2.75, 3.05) is 32.5 Å². The molecular weight excluding hydrogens is 300 g/mol. The Morgan fingerprint density at radius 2 is 1.95 bits per heavy atom. The van der Waals surface area contributed by atoms with Gasteiger partial charge in [-0.3, -0.25) is 9.00 Å². The van der Waals surface area contributed by atoms with Gasteiger partial charge in [-0.15, -0.1) is 0 Å². The Kier molecular flexibility index (Phi) is 6.54. The van der Waals surface area contributed by atoms with Crippen molar-refractivity contribution in [1.29, 1.82) is 0 Å². The molecule has 0 bridgehead atoms. The maximum absolute atomic E-state index is 12.2. The number of likely N-dealkylation sites (tertiary alicyclic amines) is 1. The van der Waals surface area contributed by atoms with Crippen molar-refractivity contribution in [1.82, 2.24) is 10.2 Å². The first-order valence-electron chi connectivity index (χ1n) is 7.67. The molecule has 2 rings (SSSR count). The van der Waals surface area contributed by atoms with Gasteiger partial charge in [-0.2, -0.15) is 0 Å². The van der Waals surface area contributed by atoms with Crippen LogP contribution in [0.1, 0.15) is 29.6 Å². The number of carbonyl (C=O) groups is 1. The van der Waals surface area contributed by atoms with Crippen LogP contribution in [0.3, 0.4) is 0 Å². The number of rotatable bonds is 6. The number of amides is 1. The van der Waals surface area contributed by atoms with Gasteiger partial charge < -0.3 is 15.3 Å². The summed E-state index contributed by atoms with van der Waals surface area (Å²) in [4.78, 5) is 15.3. The number of piperidine rings is 1. The van der Waals surface area contributed by atoms with Gasteiger partial charge in [0.1, 0.15) is 0 Å². The number of nitrogens with one attached hydrogen (secondary N) is 1. The van der Waals surface area contributed by atoms with Crippen LogP contribution in [-0.2, 0) is 10.8 Å². The molecule has 0 radical (unpaired) electrons. The van der Waals surface area contributed by atoms with Gasteiger partial charge in [-0.05, 0) is 43.5 Å². The molecular formula is C16H24N2O3S. The van der Waals surface area contributed by atoms with Crippen LogP contribution in [0.2, 0.25) is 0 Å². The van der Waals surface area contributed by atoms with Crippen LogP contribution in [0.4, 0.5) is 0 Å². The molecule has 0 aromatic heterocycles. The van der Waals surface area contributed by atoms with Crippen LogP contribution in [0.15, 0.2) is 29.2 Å². The minimum Gasteiger partial charge on any atom is -0.396 e. The van der Waals surface area contributed by atoms with E-state index in [1.165, 1.54) is 0 Å². The predicted molar refractivity (Wildman–Crippen MR) is 87.4 cm³/mol. The summed E-state index contributed by atoms with van der Waals surface area (Å²) < 4.78 is 11.3. The van der Waals surface area contributed by atoms with Crippen LogP contribution in [0, 0.1) is 0 Å². The molecule has 2 N–H and O–H groups in total. The summed E-state index contributed by atoms with van der Waals surface area (Å²) in [6.45, 7) is 3.07. The first-order chi connectivity index (χ1) is 10.6. The highest BCUT2D eigenvalue weighted by atomic mass is 32.2. The minimum absolute atomic E-state index is 0.0674. The number of hydrogen-bond acceptors (Lipinski definition) is 4. The van der Waals surface area contributed by atoms with E-state index >= 15 is 0 Å². The number of benzene rings is 1. The van der Waals surface area contributed by atoms with Crippen molar-refractivity contribution >= 4 is 16.7 Å². The molecule has 1 fully saturated rings. The Balaban J connectivity index is 1.81. The van der Waals surface area contributed by atoms with E-state index in [4.69, 9.17) is 5.11 Å². The Hall–Kier alpha value is -1.24. The summed E-state index contributed by atoms with van der Waals surface area (Å²) in [7, 11) is -1.02. The molecule has 1 atom stereocenters. The molecule has 5 nitrogen and oxygen atoms in total. The molecule has 1 saturated heterocycles. The Morgan fingerprint density at radius 3 is 2.50 bits per heavy atom. The highest BCUT2D eigenvalue weighted by molar-refractivity contribution is 7.84. The molecule has 0 saturated carbocycles. The number of nitrogens with zero attached hydrogens (tertiary/aromatic N) is 1. The van der Waals surface area contributed by atoms with E-state index in [9.17, 15) is 9.00 Å². The smallest absolute Gasteiger partial charge is 0.251 e. The molecule has 1 amide bonds. The van der Waals surface area contributed by atoms with Crippen molar-refractivity contribution in [2.45, 2.75) is 30.2 Å². The van der Waals surface area contributed by atoms with Crippen LogP contribution in [0.5, 0.6) is 0 Å². The van der Waals surface area contributed by atoms with E-state index < -0.39 is 10.8 Å². The number of aliphatic hydroxyl groups excluding tert-OH is 1. The van der Waals surface area contributed by atoms with Gasteiger partial charge in [-0.1, -0.05) is 0 Å². The zero-order valence-corrected chi connectivity index (χ0v) is 13.8. The van der Waals surface area contributed by atoms with Gasteiger partial charge in [0, 0.05) is 59.8 Å². The van der Waals surface area contributed by atoms with E-state index in [1.807, 2.05) is 0 Å². The summed E-state index contributed by atoms with van der Waals surface area (Å²) in [5, 5.41) is 11.9. The molecule has 1 aliphatic heterocycles. The third-order valence-corrected chi connectivity index (χ3v) is 4.94. The summed E-state index contributed by atoms with van der Waals surface area (Å²) in [5.41, 5.74) is 0.608. The topological polar surface area (TPSA) is 69.6 Å². The molecule has 122 valence electrons. The molecule has 6 heteroatoms. The third kappa shape index (κ3) is 4.90. The van der Waals surface area contributed by atoms with E-state index in [0.29, 0.717) is 5.56 Å². The van der Waals surface area contributed by atoms with Gasteiger partial charge in [0.05, 0.1) is 0 Å². The summed E-state index contributed by atoms with van der Waals surface area (Å²) in [6.07, 6.45) is 4.31. The fraction of sp³-hybridized carbons (Fsp3) is 0.562. The van der Waals surface area contributed by atoms with E-state index in [-0.39, 0.29) is 18.6 Å². The third-order valence-electron chi connectivity index (χ3n) is 4.00. The molecule has 1 unspecified atom stereocenters. The molecule has 0 spiro atoms. The predicted octanol–water partition coefficient (Wildman–Crippen LogP) is 1.00. The second-order valence-electron chi connectivity index (χ2n) is 5.65. The van der Waals surface area contributed by atoms with Crippen LogP contribution in [-0.4, -0.2) is 58.7 Å². The first-order valence-corrected chi connectivity index (χ1v) is 9.23. The second kappa shape index (κ2) is 8.41. The van der Waals surface area contributed by atoms with Crippen molar-refractivity contribution in [2.24, 2.45) is 0 Å². The minimum atomic E-state index is -1.02. The second-order valence-corrected chi connectivity index (χ2v) is 7.02. The summed E-state index contributed by atoms with van der Waals surface area (Å²) in [6, 6.07) is 7.13. The van der Waals surface area contributed by atoms with Crippen LogP contribution >= 0.6 is 0 Å². The summed E-state index contributed by atoms with van der Waals surface area (Å²) in [5.74, 6) is -0.0674. The van der Waals surface area contributed by atoms with Gasteiger partial charge in [0.2, 0.25) is 0 Å². The molecule has 1 heterocycles. The normalized spacial score (nSPS) is 18.1. The molecule has 1 aliphatic rings. The average Bonchev–Trinajstić information content (AvgIpc) is 2.54. The van der Waals surface area contributed by atoms with Crippen molar-refractivity contribution in [3.05, 3.63) is 29.8 Å². The van der Waals surface area contributed by atoms with Crippen molar-refractivity contribution in [3.8, 4) is 0 Å². The fourth-order valence-corrected chi connectivity index (χ4v) is 3.18. The lowest BCUT2D eigenvalue weighted by atomic mass is 10.0. The molecule has 22 heavy (non-hydrogen) atoms. The van der Waals surface area contributed by atoms with Crippen molar-refractivity contribution < 1.29 is 14.1 Å². The van der Waals surface area contributed by atoms with Crippen LogP contribution < -0.4 is 5.32 Å². The molecule has 0 aliphatic carbocycles. The number of hydrogen-bond donors (Lipinski definition) is 2. The lowest BCUT2D eigenvalue weighted by Gasteiger charge is -2.32.